The van der Waals surface area contributed by atoms with Gasteiger partial charge in [0.25, 0.3) is 0 Å². The fourth-order valence-electron chi connectivity index (χ4n) is 4.33. The number of hydrogen-bond acceptors (Lipinski definition) is 2. The first-order valence-corrected chi connectivity index (χ1v) is 16.3. The summed E-state index contributed by atoms with van der Waals surface area (Å²) in [4.78, 5) is 10.2. The maximum Gasteiger partial charge on any atom is 0.336 e. The Hall–Kier alpha value is -0.150. The fraction of sp³-hybridized carbons (Fsp3) is 0.931. The molecule has 0 amide bonds. The molecule has 0 aliphatic carbocycles. The van der Waals surface area contributed by atoms with E-state index in [0.717, 1.165) is 23.9 Å². The zero-order chi connectivity index (χ0) is 25.5. The van der Waals surface area contributed by atoms with Gasteiger partial charge in [0.2, 0.25) is 0 Å². The molecule has 0 bridgehead atoms. The van der Waals surface area contributed by atoms with Gasteiger partial charge >= 0.3 is 7.60 Å². The van der Waals surface area contributed by atoms with Crippen molar-refractivity contribution in [1.29, 1.82) is 0 Å². The third kappa shape index (κ3) is 21.2. The second kappa shape index (κ2) is 22.1. The van der Waals surface area contributed by atoms with E-state index in [0.29, 0.717) is 13.2 Å². The van der Waals surface area contributed by atoms with Gasteiger partial charge in [0.05, 0.1) is 33.8 Å². The summed E-state index contributed by atoms with van der Waals surface area (Å²) in [5.74, 6) is 0. The molecule has 0 saturated heterocycles. The summed E-state index contributed by atoms with van der Waals surface area (Å²) in [6.45, 7) is 8.24. The monoisotopic (exact) mass is 502 g/mol. The van der Waals surface area contributed by atoms with Gasteiger partial charge in [0.15, 0.2) is 0 Å². The number of unbranched alkanes of at least 4 members (excludes halogenated alkanes) is 16. The van der Waals surface area contributed by atoms with E-state index in [4.69, 9.17) is 4.52 Å². The number of hydrogen-bond donors (Lipinski definition) is 1. The van der Waals surface area contributed by atoms with E-state index in [2.05, 4.69) is 40.1 Å². The van der Waals surface area contributed by atoms with Gasteiger partial charge in [0.1, 0.15) is 5.66 Å². The lowest BCUT2D eigenvalue weighted by Crippen LogP contribution is -2.44. The molecule has 0 radical (unpaired) electrons. The Labute approximate surface area is 214 Å². The molecular weight excluding hydrogens is 441 g/mol. The second-order valence-corrected chi connectivity index (χ2v) is 13.3. The smallest absolute Gasteiger partial charge is 0.328 e. The largest absolute Gasteiger partial charge is 0.336 e. The van der Waals surface area contributed by atoms with Gasteiger partial charge in [-0.25, -0.2) is 0 Å². The zero-order valence-electron chi connectivity index (χ0n) is 23.7. The Morgan fingerprint density at radius 2 is 1.15 bits per heavy atom. The van der Waals surface area contributed by atoms with E-state index in [1.807, 2.05) is 6.92 Å². The topological polar surface area (TPSA) is 46.5 Å². The van der Waals surface area contributed by atoms with Gasteiger partial charge < -0.3 is 13.9 Å². The lowest BCUT2D eigenvalue weighted by atomic mass is 10.1. The minimum atomic E-state index is -3.51. The van der Waals surface area contributed by atoms with Crippen molar-refractivity contribution in [3.63, 3.8) is 0 Å². The van der Waals surface area contributed by atoms with Crippen molar-refractivity contribution in [1.82, 2.24) is 0 Å². The van der Waals surface area contributed by atoms with Crippen molar-refractivity contribution >= 4 is 7.60 Å². The van der Waals surface area contributed by atoms with Gasteiger partial charge in [-0.05, 0) is 46.0 Å². The average molecular weight is 503 g/mol. The van der Waals surface area contributed by atoms with Crippen molar-refractivity contribution < 1.29 is 18.5 Å². The molecule has 1 N–H and O–H groups in total. The summed E-state index contributed by atoms with van der Waals surface area (Å²) < 4.78 is 18.6. The summed E-state index contributed by atoms with van der Waals surface area (Å²) in [6, 6.07) is 0. The van der Waals surface area contributed by atoms with Crippen molar-refractivity contribution in [2.24, 2.45) is 0 Å². The van der Waals surface area contributed by atoms with Crippen LogP contribution in [0.3, 0.4) is 0 Å². The molecule has 34 heavy (non-hydrogen) atoms. The molecule has 204 valence electrons. The van der Waals surface area contributed by atoms with Crippen LogP contribution in [0.4, 0.5) is 0 Å². The molecule has 4 nitrogen and oxygen atoms in total. The predicted octanol–water partition coefficient (Wildman–Crippen LogP) is 9.27. The Morgan fingerprint density at radius 3 is 1.59 bits per heavy atom. The van der Waals surface area contributed by atoms with Crippen LogP contribution in [-0.2, 0) is 9.09 Å². The summed E-state index contributed by atoms with van der Waals surface area (Å²) >= 11 is 0. The lowest BCUT2D eigenvalue weighted by Gasteiger charge is -2.32. The highest BCUT2D eigenvalue weighted by molar-refractivity contribution is 7.53. The molecule has 2 atom stereocenters. The van der Waals surface area contributed by atoms with Gasteiger partial charge in [-0.15, -0.1) is 0 Å². The Balaban J connectivity index is 3.44. The van der Waals surface area contributed by atoms with Crippen LogP contribution in [0.1, 0.15) is 136 Å². The van der Waals surface area contributed by atoms with E-state index in [9.17, 15) is 9.46 Å². The molecule has 0 aliphatic heterocycles. The number of nitrogens with zero attached hydrogens (tertiary/aromatic N) is 1. The fourth-order valence-corrected chi connectivity index (χ4v) is 5.62. The summed E-state index contributed by atoms with van der Waals surface area (Å²) in [5.41, 5.74) is -0.318. The van der Waals surface area contributed by atoms with E-state index >= 15 is 0 Å². The van der Waals surface area contributed by atoms with Crippen LogP contribution in [0, 0.1) is 0 Å². The quantitative estimate of drug-likeness (QED) is 0.0585. The molecular formula is C29H61NO3P+. The number of quaternary nitrogens is 1. The Kier molecular flexibility index (Phi) is 22.0. The summed E-state index contributed by atoms with van der Waals surface area (Å²) in [6.07, 6.45) is 28.3. The third-order valence-electron chi connectivity index (χ3n) is 7.10. The highest BCUT2D eigenvalue weighted by Gasteiger charge is 2.33. The van der Waals surface area contributed by atoms with Crippen molar-refractivity contribution in [3.8, 4) is 0 Å². The average Bonchev–Trinajstić information content (AvgIpc) is 2.79. The van der Waals surface area contributed by atoms with Crippen LogP contribution in [0.5, 0.6) is 0 Å². The zero-order valence-corrected chi connectivity index (χ0v) is 24.6. The lowest BCUT2D eigenvalue weighted by molar-refractivity contribution is -0.888. The van der Waals surface area contributed by atoms with Gasteiger partial charge in [-0.1, -0.05) is 103 Å². The molecule has 0 fully saturated rings. The second-order valence-electron chi connectivity index (χ2n) is 11.0. The first-order valence-electron chi connectivity index (χ1n) is 14.7. The summed E-state index contributed by atoms with van der Waals surface area (Å²) in [7, 11) is 0.667. The van der Waals surface area contributed by atoms with Crippen LogP contribution in [0.25, 0.3) is 0 Å². The molecule has 0 spiro atoms. The van der Waals surface area contributed by atoms with E-state index < -0.39 is 7.60 Å². The standard InChI is InChI=1S/C29H60NO3P/c1-6-8-9-10-11-12-13-14-15-16-17-18-19-20-21-22-23-24-25-26-27-33-34(31,32)29(3)28-30(4,5)7-2/h17-18,29H,6-16,19-28H2,1-5H3/p+1. The maximum atomic E-state index is 12.4. The molecule has 0 saturated carbocycles. The Morgan fingerprint density at radius 1 is 0.735 bits per heavy atom. The van der Waals surface area contributed by atoms with Crippen LogP contribution in [0.15, 0.2) is 12.2 Å². The molecule has 5 heteroatoms. The highest BCUT2D eigenvalue weighted by atomic mass is 31.2. The molecule has 2 unspecified atom stereocenters. The minimum absolute atomic E-state index is 0.318. The number of allylic oxidation sites excluding steroid dienone is 2. The first kappa shape index (κ1) is 33.8. The summed E-state index contributed by atoms with van der Waals surface area (Å²) in [5, 5.41) is 0. The maximum absolute atomic E-state index is 12.4. The minimum Gasteiger partial charge on any atom is -0.328 e. The van der Waals surface area contributed by atoms with E-state index in [1.54, 1.807) is 0 Å². The highest BCUT2D eigenvalue weighted by Crippen LogP contribution is 2.48. The van der Waals surface area contributed by atoms with Crippen LogP contribution in [-0.4, -0.2) is 48.8 Å². The SMILES string of the molecule is CCCCCCCCCCCC=CCCCCCCCCCOP(=O)(O)C(C)C[N+](C)(C)CC. The van der Waals surface area contributed by atoms with E-state index in [1.165, 1.54) is 103 Å². The van der Waals surface area contributed by atoms with Crippen molar-refractivity contribution in [3.05, 3.63) is 12.2 Å². The molecule has 0 aromatic heterocycles. The Bertz CT molecular complexity index is 522. The molecule has 0 aliphatic rings. The van der Waals surface area contributed by atoms with Crippen molar-refractivity contribution in [2.75, 3.05) is 33.8 Å². The third-order valence-corrected chi connectivity index (χ3v) is 8.93. The van der Waals surface area contributed by atoms with Gasteiger partial charge in [0, 0.05) is 0 Å². The first-order chi connectivity index (χ1) is 16.2. The number of rotatable bonds is 25. The van der Waals surface area contributed by atoms with Crippen LogP contribution in [0.2, 0.25) is 0 Å². The van der Waals surface area contributed by atoms with Crippen LogP contribution < -0.4 is 0 Å². The molecule has 0 rings (SSSR count). The van der Waals surface area contributed by atoms with Gasteiger partial charge in [-0.3, -0.25) is 4.57 Å². The van der Waals surface area contributed by atoms with Crippen LogP contribution >= 0.6 is 7.60 Å². The van der Waals surface area contributed by atoms with Crippen molar-refractivity contribution in [2.45, 2.75) is 142 Å². The molecule has 0 heterocycles. The normalized spacial score (nSPS) is 15.1. The van der Waals surface area contributed by atoms with E-state index in [-0.39, 0.29) is 5.66 Å². The molecule has 0 aromatic rings. The molecule has 0 aromatic carbocycles. The predicted molar refractivity (Wildman–Crippen MR) is 151 cm³/mol. The van der Waals surface area contributed by atoms with Gasteiger partial charge in [-0.2, -0.15) is 0 Å².